The number of aromatic nitrogens is 1. The largest absolute Gasteiger partial charge is 0.461 e. The van der Waals surface area contributed by atoms with Crippen LogP contribution in [0, 0.1) is 0 Å². The van der Waals surface area contributed by atoms with Crippen LogP contribution in [-0.2, 0) is 19.3 Å². The average Bonchev–Trinajstić information content (AvgIpc) is 3.30. The van der Waals surface area contributed by atoms with Gasteiger partial charge >= 0.3 is 5.97 Å². The zero-order valence-electron chi connectivity index (χ0n) is 20.3. The van der Waals surface area contributed by atoms with Gasteiger partial charge in [0.25, 0.3) is 10.0 Å². The Morgan fingerprint density at radius 1 is 0.842 bits per heavy atom. The molecule has 6 nitrogen and oxygen atoms in total. The van der Waals surface area contributed by atoms with E-state index in [1.807, 2.05) is 0 Å². The third kappa shape index (κ3) is 4.27. The molecule has 0 saturated carbocycles. The summed E-state index contributed by atoms with van der Waals surface area (Å²) in [6.07, 6.45) is 0. The lowest BCUT2D eigenvalue weighted by Gasteiger charge is -2.21. The Bertz CT molecular complexity index is 1740. The van der Waals surface area contributed by atoms with E-state index in [-0.39, 0.29) is 33.4 Å². The molecule has 1 heterocycles. The summed E-state index contributed by atoms with van der Waals surface area (Å²) >= 11 is 6.40. The minimum atomic E-state index is -4.32. The van der Waals surface area contributed by atoms with Crippen molar-refractivity contribution in [2.24, 2.45) is 0 Å². The van der Waals surface area contributed by atoms with E-state index in [1.54, 1.807) is 91.9 Å². The van der Waals surface area contributed by atoms with Crippen LogP contribution in [0.15, 0.2) is 114 Å². The Hall–Kier alpha value is -3.64. The Balaban J connectivity index is 2.02. The standard InChI is InChI=1S/C29H23ClNO5PS/c1-2-36-29(32)27-28(37(33,22-12-6-3-7-13-22)23-14-8-4-9-15-23)25-20-21(30)18-19-26(25)31(27)38(34,35)24-16-10-5-11-17-24/h3-20H,2H2,1H3. The van der Waals surface area contributed by atoms with Crippen LogP contribution in [-0.4, -0.2) is 25.0 Å². The molecule has 9 heteroatoms. The number of fused-ring (bicyclic) bond motifs is 1. The fourth-order valence-corrected chi connectivity index (χ4v) is 9.33. The summed E-state index contributed by atoms with van der Waals surface area (Å²) < 4.78 is 50.0. The van der Waals surface area contributed by atoms with Gasteiger partial charge in [-0.05, 0) is 37.3 Å². The second-order valence-electron chi connectivity index (χ2n) is 8.44. The van der Waals surface area contributed by atoms with Gasteiger partial charge in [-0.15, -0.1) is 0 Å². The van der Waals surface area contributed by atoms with Crippen molar-refractivity contribution >= 4 is 61.6 Å². The fourth-order valence-electron chi connectivity index (χ4n) is 4.55. The molecule has 0 spiro atoms. The highest BCUT2D eigenvalue weighted by Gasteiger charge is 2.41. The van der Waals surface area contributed by atoms with Gasteiger partial charge in [-0.3, -0.25) is 0 Å². The first-order chi connectivity index (χ1) is 18.3. The van der Waals surface area contributed by atoms with E-state index in [9.17, 15) is 13.2 Å². The molecule has 1 aromatic heterocycles. The van der Waals surface area contributed by atoms with Gasteiger partial charge in [-0.2, -0.15) is 0 Å². The van der Waals surface area contributed by atoms with Crippen molar-refractivity contribution < 1.29 is 22.5 Å². The summed E-state index contributed by atoms with van der Waals surface area (Å²) in [6.45, 7) is 1.62. The maximum Gasteiger partial charge on any atom is 0.356 e. The smallest absolute Gasteiger partial charge is 0.356 e. The van der Waals surface area contributed by atoms with Crippen LogP contribution >= 0.6 is 18.7 Å². The van der Waals surface area contributed by atoms with Gasteiger partial charge in [0.1, 0.15) is 0 Å². The molecule has 0 unspecified atom stereocenters. The van der Waals surface area contributed by atoms with E-state index in [2.05, 4.69) is 0 Å². The molecule has 0 saturated heterocycles. The molecule has 0 atom stereocenters. The van der Waals surface area contributed by atoms with E-state index in [0.29, 0.717) is 15.6 Å². The second kappa shape index (κ2) is 10.3. The zero-order valence-corrected chi connectivity index (χ0v) is 22.8. The summed E-state index contributed by atoms with van der Waals surface area (Å²) in [5.41, 5.74) is -0.146. The maximum atomic E-state index is 15.5. The summed E-state index contributed by atoms with van der Waals surface area (Å²) in [5, 5.41) is 1.53. The van der Waals surface area contributed by atoms with E-state index >= 15 is 4.57 Å². The first-order valence-corrected chi connectivity index (χ1v) is 15.4. The average molecular weight is 564 g/mol. The third-order valence-electron chi connectivity index (χ3n) is 6.16. The summed E-state index contributed by atoms with van der Waals surface area (Å²) in [6, 6.07) is 29.8. The molecule has 5 aromatic rings. The highest BCUT2D eigenvalue weighted by atomic mass is 35.5. The van der Waals surface area contributed by atoms with Gasteiger partial charge < -0.3 is 9.30 Å². The second-order valence-corrected chi connectivity index (χ2v) is 13.4. The van der Waals surface area contributed by atoms with Gasteiger partial charge in [0.05, 0.1) is 22.3 Å². The van der Waals surface area contributed by atoms with Crippen molar-refractivity contribution in [2.45, 2.75) is 11.8 Å². The van der Waals surface area contributed by atoms with Gasteiger partial charge in [0.15, 0.2) is 12.8 Å². The van der Waals surface area contributed by atoms with Crippen molar-refractivity contribution in [3.63, 3.8) is 0 Å². The molecule has 192 valence electrons. The van der Waals surface area contributed by atoms with Crippen molar-refractivity contribution in [1.29, 1.82) is 0 Å². The van der Waals surface area contributed by atoms with Crippen LogP contribution < -0.4 is 15.9 Å². The van der Waals surface area contributed by atoms with Crippen LogP contribution in [0.1, 0.15) is 17.4 Å². The molecule has 0 aliphatic carbocycles. The number of hydrogen-bond donors (Lipinski definition) is 0. The third-order valence-corrected chi connectivity index (χ3v) is 11.3. The number of hydrogen-bond acceptors (Lipinski definition) is 5. The van der Waals surface area contributed by atoms with E-state index in [4.69, 9.17) is 16.3 Å². The molecule has 0 aliphatic rings. The van der Waals surface area contributed by atoms with Crippen LogP contribution in [0.4, 0.5) is 0 Å². The lowest BCUT2D eigenvalue weighted by Crippen LogP contribution is -2.31. The Morgan fingerprint density at radius 2 is 1.37 bits per heavy atom. The zero-order chi connectivity index (χ0) is 26.9. The van der Waals surface area contributed by atoms with Crippen molar-refractivity contribution in [3.8, 4) is 0 Å². The number of nitrogens with zero attached hydrogens (tertiary/aromatic N) is 1. The number of benzene rings is 4. The number of ether oxygens (including phenoxy) is 1. The monoisotopic (exact) mass is 563 g/mol. The molecule has 0 radical (unpaired) electrons. The SMILES string of the molecule is CCOC(=O)c1c(P(=O)(c2ccccc2)c2ccccc2)c2cc(Cl)ccc2n1S(=O)(=O)c1ccccc1. The minimum absolute atomic E-state index is 0.00703. The van der Waals surface area contributed by atoms with Crippen molar-refractivity contribution in [1.82, 2.24) is 3.97 Å². The topological polar surface area (TPSA) is 82.4 Å². The van der Waals surface area contributed by atoms with Crippen LogP contribution in [0.3, 0.4) is 0 Å². The molecule has 38 heavy (non-hydrogen) atoms. The quantitative estimate of drug-likeness (QED) is 0.197. The molecule has 4 aromatic carbocycles. The van der Waals surface area contributed by atoms with E-state index < -0.39 is 23.1 Å². The minimum Gasteiger partial charge on any atom is -0.461 e. The first-order valence-electron chi connectivity index (χ1n) is 11.8. The molecular weight excluding hydrogens is 541 g/mol. The Morgan fingerprint density at radius 3 is 1.89 bits per heavy atom. The predicted octanol–water partition coefficient (Wildman–Crippen LogP) is 5.35. The van der Waals surface area contributed by atoms with Gasteiger partial charge in [0, 0.05) is 21.0 Å². The summed E-state index contributed by atoms with van der Waals surface area (Å²) in [5.74, 6) is -0.901. The number of esters is 1. The molecule has 0 N–H and O–H groups in total. The molecule has 0 amide bonds. The molecule has 5 rings (SSSR count). The highest BCUT2D eigenvalue weighted by molar-refractivity contribution is 7.90. The molecular formula is C29H23ClNO5PS. The number of carbonyl (C=O) groups excluding carboxylic acids is 1. The van der Waals surface area contributed by atoms with Crippen molar-refractivity contribution in [3.05, 3.63) is 120 Å². The molecule has 0 fully saturated rings. The van der Waals surface area contributed by atoms with Gasteiger partial charge in [0.2, 0.25) is 0 Å². The first kappa shape index (κ1) is 26.0. The van der Waals surface area contributed by atoms with Gasteiger partial charge in [-0.25, -0.2) is 17.2 Å². The number of carbonyl (C=O) groups is 1. The fraction of sp³-hybridized carbons (Fsp3) is 0.0690. The Labute approximate surface area is 225 Å². The maximum absolute atomic E-state index is 15.5. The normalized spacial score (nSPS) is 11.9. The predicted molar refractivity (Wildman–Crippen MR) is 151 cm³/mol. The van der Waals surface area contributed by atoms with Gasteiger partial charge in [-0.1, -0.05) is 90.5 Å². The number of rotatable bonds is 7. The van der Waals surface area contributed by atoms with Crippen molar-refractivity contribution in [2.75, 3.05) is 6.61 Å². The lowest BCUT2D eigenvalue weighted by molar-refractivity contribution is 0.0520. The number of halogens is 1. The van der Waals surface area contributed by atoms with Crippen LogP contribution in [0.25, 0.3) is 10.9 Å². The van der Waals surface area contributed by atoms with E-state index in [0.717, 1.165) is 3.97 Å². The summed E-state index contributed by atoms with van der Waals surface area (Å²) in [7, 11) is -8.17. The highest BCUT2D eigenvalue weighted by Crippen LogP contribution is 2.47. The lowest BCUT2D eigenvalue weighted by atomic mass is 10.2. The molecule has 0 aliphatic heterocycles. The van der Waals surface area contributed by atoms with Crippen LogP contribution in [0.5, 0.6) is 0 Å². The van der Waals surface area contributed by atoms with E-state index in [1.165, 1.54) is 24.3 Å². The summed E-state index contributed by atoms with van der Waals surface area (Å²) in [4.78, 5) is 13.6. The Kier molecular flexibility index (Phi) is 7.01. The molecule has 0 bridgehead atoms. The van der Waals surface area contributed by atoms with Crippen LogP contribution in [0.2, 0.25) is 5.02 Å².